The monoisotopic (exact) mass is 258 g/mol. The zero-order valence-corrected chi connectivity index (χ0v) is 10.4. The van der Waals surface area contributed by atoms with Crippen molar-refractivity contribution in [3.05, 3.63) is 36.1 Å². The SMILES string of the molecule is O=C(O[C@@H]1CCCCC1=O)c1cc2ccccc2o1. The van der Waals surface area contributed by atoms with Crippen molar-refractivity contribution in [2.24, 2.45) is 0 Å². The normalized spacial score (nSPS) is 19.6. The van der Waals surface area contributed by atoms with Gasteiger partial charge in [0.15, 0.2) is 11.9 Å². The topological polar surface area (TPSA) is 56.5 Å². The minimum absolute atomic E-state index is 0.00992. The van der Waals surface area contributed by atoms with Crippen molar-refractivity contribution in [3.8, 4) is 0 Å². The lowest BCUT2D eigenvalue weighted by atomic mass is 9.96. The number of Topliss-reactive ketones (excluding diaryl/α,β-unsaturated/α-hetero) is 1. The van der Waals surface area contributed by atoms with Gasteiger partial charge < -0.3 is 9.15 Å². The van der Waals surface area contributed by atoms with Crippen LogP contribution < -0.4 is 0 Å². The highest BCUT2D eigenvalue weighted by Crippen LogP contribution is 2.22. The summed E-state index contributed by atoms with van der Waals surface area (Å²) in [4.78, 5) is 23.6. The van der Waals surface area contributed by atoms with Gasteiger partial charge in [0, 0.05) is 11.8 Å². The molecule has 1 saturated carbocycles. The van der Waals surface area contributed by atoms with E-state index in [1.54, 1.807) is 12.1 Å². The summed E-state index contributed by atoms with van der Waals surface area (Å²) in [7, 11) is 0. The van der Waals surface area contributed by atoms with Crippen LogP contribution in [0.2, 0.25) is 0 Å². The van der Waals surface area contributed by atoms with Crippen molar-refractivity contribution in [1.29, 1.82) is 0 Å². The number of hydrogen-bond acceptors (Lipinski definition) is 4. The molecule has 1 aromatic carbocycles. The first-order valence-electron chi connectivity index (χ1n) is 6.46. The molecule has 1 aliphatic carbocycles. The fourth-order valence-electron chi connectivity index (χ4n) is 2.35. The molecule has 2 aromatic rings. The van der Waals surface area contributed by atoms with Gasteiger partial charge in [-0.1, -0.05) is 18.2 Å². The van der Waals surface area contributed by atoms with E-state index in [2.05, 4.69) is 0 Å². The predicted molar refractivity (Wildman–Crippen MR) is 68.9 cm³/mol. The number of rotatable bonds is 2. The van der Waals surface area contributed by atoms with Crippen LogP contribution in [0.4, 0.5) is 0 Å². The number of ether oxygens (including phenoxy) is 1. The third kappa shape index (κ3) is 2.38. The molecule has 0 unspecified atom stereocenters. The number of carbonyl (C=O) groups excluding carboxylic acids is 2. The maximum absolute atomic E-state index is 12.0. The summed E-state index contributed by atoms with van der Waals surface area (Å²) < 4.78 is 10.7. The Bertz CT molecular complexity index is 593. The van der Waals surface area contributed by atoms with Crippen molar-refractivity contribution >= 4 is 22.7 Å². The first-order chi connectivity index (χ1) is 9.24. The van der Waals surface area contributed by atoms with Gasteiger partial charge in [-0.2, -0.15) is 0 Å². The van der Waals surface area contributed by atoms with Crippen LogP contribution in [0, 0.1) is 0 Å². The first kappa shape index (κ1) is 12.0. The fraction of sp³-hybridized carbons (Fsp3) is 0.333. The Hall–Kier alpha value is -2.10. The number of fused-ring (bicyclic) bond motifs is 1. The number of carbonyl (C=O) groups is 2. The van der Waals surface area contributed by atoms with E-state index in [4.69, 9.17) is 9.15 Å². The van der Waals surface area contributed by atoms with Gasteiger partial charge in [-0.3, -0.25) is 4.79 Å². The van der Waals surface area contributed by atoms with Crippen LogP contribution in [-0.2, 0) is 9.53 Å². The highest BCUT2D eigenvalue weighted by Gasteiger charge is 2.27. The molecule has 1 aromatic heterocycles. The first-order valence-corrected chi connectivity index (χ1v) is 6.46. The van der Waals surface area contributed by atoms with Crippen LogP contribution in [0.3, 0.4) is 0 Å². The summed E-state index contributed by atoms with van der Waals surface area (Å²) in [6, 6.07) is 9.01. The van der Waals surface area contributed by atoms with Gasteiger partial charge in [0.2, 0.25) is 5.76 Å². The minimum Gasteiger partial charge on any atom is -0.449 e. The van der Waals surface area contributed by atoms with E-state index in [9.17, 15) is 9.59 Å². The number of furan rings is 1. The minimum atomic E-state index is -0.602. The van der Waals surface area contributed by atoms with Crippen molar-refractivity contribution in [1.82, 2.24) is 0 Å². The molecule has 0 aliphatic heterocycles. The second kappa shape index (κ2) is 4.88. The Morgan fingerprint density at radius 1 is 1.26 bits per heavy atom. The molecule has 1 heterocycles. The Balaban J connectivity index is 1.77. The van der Waals surface area contributed by atoms with Crippen molar-refractivity contribution in [2.75, 3.05) is 0 Å². The number of esters is 1. The van der Waals surface area contributed by atoms with E-state index in [0.29, 0.717) is 18.4 Å². The molecule has 1 atom stereocenters. The van der Waals surface area contributed by atoms with Gasteiger partial charge >= 0.3 is 5.97 Å². The van der Waals surface area contributed by atoms with Gasteiger partial charge in [-0.15, -0.1) is 0 Å². The highest BCUT2D eigenvalue weighted by atomic mass is 16.6. The smallest absolute Gasteiger partial charge is 0.374 e. The molecule has 0 spiro atoms. The fourth-order valence-corrected chi connectivity index (χ4v) is 2.35. The average molecular weight is 258 g/mol. The number of hydrogen-bond donors (Lipinski definition) is 0. The molecule has 0 N–H and O–H groups in total. The quantitative estimate of drug-likeness (QED) is 0.777. The van der Waals surface area contributed by atoms with Crippen molar-refractivity contribution in [2.45, 2.75) is 31.8 Å². The summed E-state index contributed by atoms with van der Waals surface area (Å²) in [5.41, 5.74) is 0.643. The lowest BCUT2D eigenvalue weighted by Crippen LogP contribution is -2.30. The molecule has 4 heteroatoms. The van der Waals surface area contributed by atoms with Crippen LogP contribution in [0.5, 0.6) is 0 Å². The maximum atomic E-state index is 12.0. The van der Waals surface area contributed by atoms with Crippen molar-refractivity contribution < 1.29 is 18.7 Å². The largest absolute Gasteiger partial charge is 0.449 e. The molecule has 1 fully saturated rings. The summed E-state index contributed by atoms with van der Waals surface area (Å²) in [5.74, 6) is -0.397. The lowest BCUT2D eigenvalue weighted by molar-refractivity contribution is -0.130. The standard InChI is InChI=1S/C15H14O4/c16-11-6-2-4-8-13(11)19-15(17)14-9-10-5-1-3-7-12(10)18-14/h1,3,5,7,9,13H,2,4,6,8H2/t13-/m1/s1. The van der Waals surface area contributed by atoms with E-state index < -0.39 is 12.1 Å². The van der Waals surface area contributed by atoms with E-state index in [0.717, 1.165) is 18.2 Å². The summed E-state index contributed by atoms with van der Waals surface area (Å²) in [5, 5.41) is 0.851. The third-order valence-corrected chi connectivity index (χ3v) is 3.37. The second-order valence-corrected chi connectivity index (χ2v) is 4.75. The van der Waals surface area contributed by atoms with E-state index in [1.165, 1.54) is 0 Å². The Labute approximate surface area is 110 Å². The predicted octanol–water partition coefficient (Wildman–Crippen LogP) is 3.10. The van der Waals surface area contributed by atoms with Gasteiger partial charge in [0.1, 0.15) is 5.58 Å². The Kier molecular flexibility index (Phi) is 3.07. The van der Waals surface area contributed by atoms with Gasteiger partial charge in [-0.25, -0.2) is 4.79 Å². The maximum Gasteiger partial charge on any atom is 0.374 e. The van der Waals surface area contributed by atoms with E-state index in [-0.39, 0.29) is 11.5 Å². The van der Waals surface area contributed by atoms with Gasteiger partial charge in [0.25, 0.3) is 0 Å². The van der Waals surface area contributed by atoms with Crippen LogP contribution in [0.25, 0.3) is 11.0 Å². The number of para-hydroxylation sites is 1. The molecular formula is C15H14O4. The Morgan fingerprint density at radius 3 is 2.89 bits per heavy atom. The van der Waals surface area contributed by atoms with Crippen LogP contribution >= 0.6 is 0 Å². The van der Waals surface area contributed by atoms with Crippen LogP contribution in [0.1, 0.15) is 36.2 Å². The van der Waals surface area contributed by atoms with Gasteiger partial charge in [-0.05, 0) is 31.4 Å². The number of benzene rings is 1. The van der Waals surface area contributed by atoms with E-state index in [1.807, 2.05) is 18.2 Å². The van der Waals surface area contributed by atoms with Crippen LogP contribution in [0.15, 0.2) is 34.7 Å². The molecule has 4 nitrogen and oxygen atoms in total. The summed E-state index contributed by atoms with van der Waals surface area (Å²) >= 11 is 0. The molecule has 0 bridgehead atoms. The zero-order valence-electron chi connectivity index (χ0n) is 10.4. The highest BCUT2D eigenvalue weighted by molar-refractivity contribution is 5.94. The summed E-state index contributed by atoms with van der Waals surface area (Å²) in [6.07, 6.45) is 2.32. The molecule has 0 saturated heterocycles. The summed E-state index contributed by atoms with van der Waals surface area (Å²) in [6.45, 7) is 0. The van der Waals surface area contributed by atoms with Crippen molar-refractivity contribution in [3.63, 3.8) is 0 Å². The lowest BCUT2D eigenvalue weighted by Gasteiger charge is -2.19. The Morgan fingerprint density at radius 2 is 2.11 bits per heavy atom. The molecule has 98 valence electrons. The molecule has 1 aliphatic rings. The zero-order chi connectivity index (χ0) is 13.2. The van der Waals surface area contributed by atoms with Crippen LogP contribution in [-0.4, -0.2) is 17.9 Å². The van der Waals surface area contributed by atoms with E-state index >= 15 is 0 Å². The molecule has 19 heavy (non-hydrogen) atoms. The third-order valence-electron chi connectivity index (χ3n) is 3.37. The molecule has 3 rings (SSSR count). The van der Waals surface area contributed by atoms with Gasteiger partial charge in [0.05, 0.1) is 0 Å². The average Bonchev–Trinajstić information content (AvgIpc) is 2.85. The molecular weight excluding hydrogens is 244 g/mol. The molecule has 0 radical (unpaired) electrons. The molecule has 0 amide bonds. The number of ketones is 1. The second-order valence-electron chi connectivity index (χ2n) is 4.75.